The van der Waals surface area contributed by atoms with Crippen molar-refractivity contribution in [2.24, 2.45) is 0 Å². The molecule has 0 amide bonds. The molecule has 0 aliphatic carbocycles. The van der Waals surface area contributed by atoms with Crippen LogP contribution in [0.3, 0.4) is 0 Å². The quantitative estimate of drug-likeness (QED) is 0.723. The van der Waals surface area contributed by atoms with Crippen LogP contribution < -0.4 is 4.72 Å². The van der Waals surface area contributed by atoms with Crippen molar-refractivity contribution >= 4 is 21.6 Å². The van der Waals surface area contributed by atoms with Gasteiger partial charge in [0.2, 0.25) is 10.0 Å². The summed E-state index contributed by atoms with van der Waals surface area (Å²) < 4.78 is 25.4. The van der Waals surface area contributed by atoms with Crippen LogP contribution in [-0.4, -0.2) is 37.8 Å². The van der Waals surface area contributed by atoms with Crippen LogP contribution >= 0.6 is 11.6 Å². The topological polar surface area (TPSA) is 66.4 Å². The number of nitrogens with one attached hydrogen (secondary N) is 1. The molecule has 96 valence electrons. The van der Waals surface area contributed by atoms with Crippen LogP contribution in [0.5, 0.6) is 0 Å². The number of alkyl halides is 1. The molecule has 0 fully saturated rings. The molecule has 0 heterocycles. The van der Waals surface area contributed by atoms with Gasteiger partial charge in [-0.25, -0.2) is 13.1 Å². The highest BCUT2D eigenvalue weighted by atomic mass is 35.5. The van der Waals surface area contributed by atoms with E-state index in [1.165, 1.54) is 0 Å². The van der Waals surface area contributed by atoms with Gasteiger partial charge < -0.3 is 5.11 Å². The molecule has 0 saturated heterocycles. The lowest BCUT2D eigenvalue weighted by Crippen LogP contribution is -2.40. The number of benzene rings is 1. The Hall–Kier alpha value is -0.620. The van der Waals surface area contributed by atoms with Crippen molar-refractivity contribution < 1.29 is 13.5 Å². The van der Waals surface area contributed by atoms with E-state index in [9.17, 15) is 8.42 Å². The van der Waals surface area contributed by atoms with Crippen LogP contribution in [0.25, 0.3) is 0 Å². The van der Waals surface area contributed by atoms with E-state index in [0.717, 1.165) is 5.56 Å². The van der Waals surface area contributed by atoms with Gasteiger partial charge in [-0.05, 0) is 12.0 Å². The van der Waals surface area contributed by atoms with E-state index in [4.69, 9.17) is 16.7 Å². The Bertz CT molecular complexity index is 422. The molecule has 0 spiro atoms. The smallest absolute Gasteiger partial charge is 0.213 e. The van der Waals surface area contributed by atoms with Crippen LogP contribution in [0.1, 0.15) is 5.56 Å². The fourth-order valence-electron chi connectivity index (χ4n) is 1.46. The van der Waals surface area contributed by atoms with Crippen LogP contribution in [0.15, 0.2) is 30.3 Å². The first-order chi connectivity index (χ1) is 8.07. The van der Waals surface area contributed by atoms with Crippen molar-refractivity contribution in [1.82, 2.24) is 4.72 Å². The van der Waals surface area contributed by atoms with E-state index in [0.29, 0.717) is 6.42 Å². The molecule has 0 aliphatic heterocycles. The molecule has 0 bridgehead atoms. The maximum atomic E-state index is 11.5. The van der Waals surface area contributed by atoms with Crippen molar-refractivity contribution in [3.63, 3.8) is 0 Å². The minimum Gasteiger partial charge on any atom is -0.395 e. The molecule has 1 aromatic carbocycles. The highest BCUT2D eigenvalue weighted by Crippen LogP contribution is 2.04. The van der Waals surface area contributed by atoms with E-state index in [1.54, 1.807) is 0 Å². The molecule has 0 radical (unpaired) electrons. The largest absolute Gasteiger partial charge is 0.395 e. The summed E-state index contributed by atoms with van der Waals surface area (Å²) in [7, 11) is -3.41. The van der Waals surface area contributed by atoms with Crippen molar-refractivity contribution in [2.45, 2.75) is 12.5 Å². The van der Waals surface area contributed by atoms with Gasteiger partial charge in [0.25, 0.3) is 0 Å². The minimum atomic E-state index is -3.41. The fourth-order valence-corrected chi connectivity index (χ4v) is 3.05. The first kappa shape index (κ1) is 14.4. The van der Waals surface area contributed by atoms with Gasteiger partial charge in [-0.3, -0.25) is 0 Å². The average Bonchev–Trinajstić information content (AvgIpc) is 2.29. The summed E-state index contributed by atoms with van der Waals surface area (Å²) in [5, 5.41) is 9.16. The van der Waals surface area contributed by atoms with Gasteiger partial charge in [0.15, 0.2) is 0 Å². The third kappa shape index (κ3) is 5.50. The highest BCUT2D eigenvalue weighted by molar-refractivity contribution is 7.89. The molecule has 0 unspecified atom stereocenters. The Morgan fingerprint density at radius 2 is 1.94 bits per heavy atom. The Morgan fingerprint density at radius 1 is 1.29 bits per heavy atom. The molecular weight excluding hydrogens is 262 g/mol. The SMILES string of the molecule is O=S(=O)(CCCl)N[C@@H](CO)Cc1ccccc1. The highest BCUT2D eigenvalue weighted by Gasteiger charge is 2.16. The van der Waals surface area contributed by atoms with Gasteiger partial charge in [-0.2, -0.15) is 0 Å². The van der Waals surface area contributed by atoms with Crippen molar-refractivity contribution in [1.29, 1.82) is 0 Å². The number of aliphatic hydroxyl groups is 1. The summed E-state index contributed by atoms with van der Waals surface area (Å²) in [6.07, 6.45) is 0.457. The molecular formula is C11H16ClNO3S. The van der Waals surface area contributed by atoms with E-state index in [-0.39, 0.29) is 18.2 Å². The summed E-state index contributed by atoms with van der Waals surface area (Å²) in [5.74, 6) is -0.0985. The third-order valence-electron chi connectivity index (χ3n) is 2.24. The van der Waals surface area contributed by atoms with Crippen molar-refractivity contribution in [3.05, 3.63) is 35.9 Å². The number of hydrogen-bond acceptors (Lipinski definition) is 3. The maximum absolute atomic E-state index is 11.5. The zero-order valence-corrected chi connectivity index (χ0v) is 10.9. The molecule has 17 heavy (non-hydrogen) atoms. The van der Waals surface area contributed by atoms with E-state index >= 15 is 0 Å². The number of sulfonamides is 1. The van der Waals surface area contributed by atoms with Gasteiger partial charge in [-0.1, -0.05) is 30.3 Å². The van der Waals surface area contributed by atoms with Crippen LogP contribution in [0.4, 0.5) is 0 Å². The summed E-state index contributed by atoms with van der Waals surface area (Å²) >= 11 is 5.39. The van der Waals surface area contributed by atoms with Gasteiger partial charge in [0, 0.05) is 11.9 Å². The molecule has 1 rings (SSSR count). The lowest BCUT2D eigenvalue weighted by atomic mass is 10.1. The third-order valence-corrected chi connectivity index (χ3v) is 4.08. The van der Waals surface area contributed by atoms with Crippen molar-refractivity contribution in [3.8, 4) is 0 Å². The first-order valence-electron chi connectivity index (χ1n) is 5.28. The summed E-state index contributed by atoms with van der Waals surface area (Å²) in [4.78, 5) is 0. The number of aliphatic hydroxyl groups excluding tert-OH is 1. The molecule has 0 saturated carbocycles. The Balaban J connectivity index is 2.61. The second-order valence-corrected chi connectivity index (χ2v) is 5.95. The second kappa shape index (κ2) is 6.96. The van der Waals surface area contributed by atoms with Gasteiger partial charge >= 0.3 is 0 Å². The zero-order valence-electron chi connectivity index (χ0n) is 9.34. The van der Waals surface area contributed by atoms with Crippen LogP contribution in [0, 0.1) is 0 Å². The Labute approximate surface area is 107 Å². The lowest BCUT2D eigenvalue weighted by Gasteiger charge is -2.16. The molecule has 1 atom stereocenters. The molecule has 2 N–H and O–H groups in total. The first-order valence-corrected chi connectivity index (χ1v) is 7.47. The van der Waals surface area contributed by atoms with Crippen LogP contribution in [-0.2, 0) is 16.4 Å². The molecule has 1 aromatic rings. The molecule has 4 nitrogen and oxygen atoms in total. The van der Waals surface area contributed by atoms with Gasteiger partial charge in [0.05, 0.1) is 12.4 Å². The minimum absolute atomic E-state index is 0.0405. The summed E-state index contributed by atoms with van der Waals surface area (Å²) in [5.41, 5.74) is 0.972. The van der Waals surface area contributed by atoms with E-state index in [2.05, 4.69) is 4.72 Å². The molecule has 6 heteroatoms. The number of rotatable bonds is 7. The van der Waals surface area contributed by atoms with Gasteiger partial charge in [-0.15, -0.1) is 11.6 Å². The summed E-state index contributed by atoms with van der Waals surface area (Å²) in [6, 6.07) is 8.89. The molecule has 0 aliphatic rings. The second-order valence-electron chi connectivity index (χ2n) is 3.69. The summed E-state index contributed by atoms with van der Waals surface area (Å²) in [6.45, 7) is -0.240. The predicted molar refractivity (Wildman–Crippen MR) is 68.7 cm³/mol. The van der Waals surface area contributed by atoms with Crippen molar-refractivity contribution in [2.75, 3.05) is 18.2 Å². The number of hydrogen-bond donors (Lipinski definition) is 2. The zero-order chi connectivity index (χ0) is 12.7. The monoisotopic (exact) mass is 277 g/mol. The Kier molecular flexibility index (Phi) is 5.91. The fraction of sp³-hybridized carbons (Fsp3) is 0.455. The number of halogens is 1. The predicted octanol–water partition coefficient (Wildman–Crippen LogP) is 0.748. The normalized spacial score (nSPS) is 13.5. The van der Waals surface area contributed by atoms with E-state index in [1.807, 2.05) is 30.3 Å². The maximum Gasteiger partial charge on any atom is 0.213 e. The van der Waals surface area contributed by atoms with Gasteiger partial charge in [0.1, 0.15) is 0 Å². The average molecular weight is 278 g/mol. The van der Waals surface area contributed by atoms with Crippen LogP contribution in [0.2, 0.25) is 0 Å². The molecule has 0 aromatic heterocycles. The standard InChI is InChI=1S/C11H16ClNO3S/c12-6-7-17(15,16)13-11(9-14)8-10-4-2-1-3-5-10/h1-5,11,13-14H,6-9H2/t11-/m1/s1. The lowest BCUT2D eigenvalue weighted by molar-refractivity contribution is 0.256. The van der Waals surface area contributed by atoms with E-state index < -0.39 is 16.1 Å². The Morgan fingerprint density at radius 3 is 2.47 bits per heavy atom.